The second kappa shape index (κ2) is 6.83. The number of aromatic carboxylic acids is 1. The molecule has 0 saturated carbocycles. The van der Waals surface area contributed by atoms with E-state index in [4.69, 9.17) is 5.11 Å². The summed E-state index contributed by atoms with van der Waals surface area (Å²) in [6, 6.07) is 3.17. The molecule has 3 heterocycles. The van der Waals surface area contributed by atoms with Crippen molar-refractivity contribution in [2.24, 2.45) is 0 Å². The van der Waals surface area contributed by atoms with Crippen LogP contribution < -0.4 is 9.62 Å². The summed E-state index contributed by atoms with van der Waals surface area (Å²) in [5.74, 6) is -0.518. The Hall–Kier alpha value is -2.04. The highest BCUT2D eigenvalue weighted by Crippen LogP contribution is 2.20. The summed E-state index contributed by atoms with van der Waals surface area (Å²) in [6.45, 7) is 1.25. The average molecular weight is 368 g/mol. The number of nitrogens with zero attached hydrogens (tertiary/aromatic N) is 3. The fraction of sp³-hybridized carbons (Fsp3) is 0.357. The van der Waals surface area contributed by atoms with E-state index < -0.39 is 16.0 Å². The molecule has 0 aromatic carbocycles. The zero-order valence-corrected chi connectivity index (χ0v) is 14.3. The number of carbonyl (C=O) groups is 1. The lowest BCUT2D eigenvalue weighted by Crippen LogP contribution is -2.44. The lowest BCUT2D eigenvalue weighted by molar-refractivity contribution is 0.0690. The van der Waals surface area contributed by atoms with Gasteiger partial charge in [0.2, 0.25) is 10.0 Å². The molecule has 2 N–H and O–H groups in total. The maximum atomic E-state index is 12.2. The van der Waals surface area contributed by atoms with Crippen LogP contribution in [0.3, 0.4) is 0 Å². The Morgan fingerprint density at radius 3 is 2.58 bits per heavy atom. The summed E-state index contributed by atoms with van der Waals surface area (Å²) in [4.78, 5) is 20.7. The molecule has 1 aliphatic heterocycles. The molecule has 0 bridgehead atoms. The van der Waals surface area contributed by atoms with Gasteiger partial charge in [-0.2, -0.15) is 0 Å². The van der Waals surface area contributed by atoms with E-state index in [0.29, 0.717) is 36.0 Å². The molecular formula is C14H16N4O4S2. The molecule has 0 atom stereocenters. The number of hydrogen-bond donors (Lipinski definition) is 2. The number of piperidine rings is 1. The molecule has 2 aromatic heterocycles. The molecule has 0 radical (unpaired) electrons. The van der Waals surface area contributed by atoms with Gasteiger partial charge in [0.15, 0.2) is 5.69 Å². The number of anilines is 1. The average Bonchev–Trinajstić information content (AvgIpc) is 3.11. The molecular weight excluding hydrogens is 352 g/mol. The first kappa shape index (κ1) is 16.8. The Bertz CT molecular complexity index is 798. The van der Waals surface area contributed by atoms with Gasteiger partial charge in [-0.3, -0.25) is 0 Å². The SMILES string of the molecule is O=C(O)c1cnc(N2CCC(NS(=O)(=O)c3cccs3)CC2)cn1. The normalized spacial score (nSPS) is 16.2. The number of sulfonamides is 1. The molecule has 128 valence electrons. The zero-order valence-electron chi connectivity index (χ0n) is 12.6. The fourth-order valence-electron chi connectivity index (χ4n) is 2.52. The Morgan fingerprint density at radius 1 is 1.29 bits per heavy atom. The van der Waals surface area contributed by atoms with Crippen LogP contribution >= 0.6 is 11.3 Å². The van der Waals surface area contributed by atoms with Gasteiger partial charge in [0.1, 0.15) is 10.0 Å². The van der Waals surface area contributed by atoms with Crippen LogP contribution in [0, 0.1) is 0 Å². The van der Waals surface area contributed by atoms with Crippen molar-refractivity contribution in [3.8, 4) is 0 Å². The summed E-state index contributed by atoms with van der Waals surface area (Å²) < 4.78 is 27.5. The summed E-state index contributed by atoms with van der Waals surface area (Å²) in [5.41, 5.74) is -0.0997. The number of thiophene rings is 1. The van der Waals surface area contributed by atoms with E-state index >= 15 is 0 Å². The molecule has 0 amide bonds. The van der Waals surface area contributed by atoms with Gasteiger partial charge >= 0.3 is 5.97 Å². The Kier molecular flexibility index (Phi) is 4.78. The monoisotopic (exact) mass is 368 g/mol. The van der Waals surface area contributed by atoms with Gasteiger partial charge in [-0.1, -0.05) is 6.07 Å². The van der Waals surface area contributed by atoms with Crippen LogP contribution in [0.25, 0.3) is 0 Å². The van der Waals surface area contributed by atoms with Crippen molar-refractivity contribution in [1.82, 2.24) is 14.7 Å². The van der Waals surface area contributed by atoms with E-state index in [1.54, 1.807) is 17.5 Å². The van der Waals surface area contributed by atoms with Crippen LogP contribution in [0.1, 0.15) is 23.3 Å². The molecule has 24 heavy (non-hydrogen) atoms. The number of hydrogen-bond acceptors (Lipinski definition) is 7. The van der Waals surface area contributed by atoms with Crippen molar-refractivity contribution in [2.45, 2.75) is 23.1 Å². The highest BCUT2D eigenvalue weighted by Gasteiger charge is 2.25. The van der Waals surface area contributed by atoms with Gasteiger partial charge in [0, 0.05) is 19.1 Å². The highest BCUT2D eigenvalue weighted by atomic mass is 32.2. The predicted octanol–water partition coefficient (Wildman–Crippen LogP) is 1.18. The quantitative estimate of drug-likeness (QED) is 0.815. The van der Waals surface area contributed by atoms with Gasteiger partial charge in [0.05, 0.1) is 12.4 Å². The highest BCUT2D eigenvalue weighted by molar-refractivity contribution is 7.91. The smallest absolute Gasteiger partial charge is 0.356 e. The Morgan fingerprint density at radius 2 is 2.04 bits per heavy atom. The van der Waals surface area contributed by atoms with E-state index in [-0.39, 0.29) is 11.7 Å². The summed E-state index contributed by atoms with van der Waals surface area (Å²) >= 11 is 1.19. The van der Waals surface area contributed by atoms with Crippen molar-refractivity contribution < 1.29 is 18.3 Å². The number of nitrogens with one attached hydrogen (secondary N) is 1. The molecule has 0 aliphatic carbocycles. The summed E-state index contributed by atoms with van der Waals surface area (Å²) in [6.07, 6.45) is 3.95. The molecule has 8 nitrogen and oxygen atoms in total. The fourth-order valence-corrected chi connectivity index (χ4v) is 4.83. The third kappa shape index (κ3) is 3.71. The molecule has 1 fully saturated rings. The summed E-state index contributed by atoms with van der Waals surface area (Å²) in [5, 5.41) is 10.6. The van der Waals surface area contributed by atoms with Gasteiger partial charge in [-0.15, -0.1) is 11.3 Å². The van der Waals surface area contributed by atoms with Gasteiger partial charge in [0.25, 0.3) is 0 Å². The molecule has 1 aliphatic rings. The van der Waals surface area contributed by atoms with Gasteiger partial charge < -0.3 is 10.0 Å². The van der Waals surface area contributed by atoms with Crippen molar-refractivity contribution in [3.05, 3.63) is 35.6 Å². The minimum atomic E-state index is -3.46. The van der Waals surface area contributed by atoms with Crippen molar-refractivity contribution in [2.75, 3.05) is 18.0 Å². The van der Waals surface area contributed by atoms with Crippen LogP contribution in [0.15, 0.2) is 34.1 Å². The number of aromatic nitrogens is 2. The maximum absolute atomic E-state index is 12.2. The van der Waals surface area contributed by atoms with Crippen molar-refractivity contribution in [3.63, 3.8) is 0 Å². The number of carboxylic acid groups (broad SMARTS) is 1. The topological polar surface area (TPSA) is 112 Å². The first-order valence-corrected chi connectivity index (χ1v) is 9.68. The lowest BCUT2D eigenvalue weighted by atomic mass is 10.1. The van der Waals surface area contributed by atoms with Gasteiger partial charge in [-0.25, -0.2) is 27.9 Å². The summed E-state index contributed by atoms with van der Waals surface area (Å²) in [7, 11) is -3.46. The van der Waals surface area contributed by atoms with Crippen LogP contribution in [0.4, 0.5) is 5.82 Å². The van der Waals surface area contributed by atoms with Crippen LogP contribution in [0.5, 0.6) is 0 Å². The van der Waals surface area contributed by atoms with E-state index in [0.717, 1.165) is 0 Å². The van der Waals surface area contributed by atoms with Crippen molar-refractivity contribution in [1.29, 1.82) is 0 Å². The van der Waals surface area contributed by atoms with Crippen LogP contribution in [0.2, 0.25) is 0 Å². The second-order valence-corrected chi connectivity index (χ2v) is 8.27. The second-order valence-electron chi connectivity index (χ2n) is 5.38. The standard InChI is InChI=1S/C14H16N4O4S2/c19-14(20)11-8-16-12(9-15-11)18-5-3-10(4-6-18)17-24(21,22)13-2-1-7-23-13/h1-2,7-10,17H,3-6H2,(H,19,20). The van der Waals surface area contributed by atoms with Crippen LogP contribution in [-0.4, -0.2) is 48.6 Å². The number of rotatable bonds is 5. The van der Waals surface area contributed by atoms with Gasteiger partial charge in [-0.05, 0) is 24.3 Å². The number of carboxylic acids is 1. The molecule has 1 saturated heterocycles. The van der Waals surface area contributed by atoms with Crippen molar-refractivity contribution >= 4 is 33.1 Å². The van der Waals surface area contributed by atoms with E-state index in [1.807, 2.05) is 4.90 Å². The minimum Gasteiger partial charge on any atom is -0.476 e. The van der Waals surface area contributed by atoms with E-state index in [2.05, 4.69) is 14.7 Å². The first-order chi connectivity index (χ1) is 11.5. The molecule has 0 spiro atoms. The zero-order chi connectivity index (χ0) is 17.2. The van der Waals surface area contributed by atoms with E-state index in [9.17, 15) is 13.2 Å². The predicted molar refractivity (Wildman–Crippen MR) is 88.9 cm³/mol. The third-order valence-corrected chi connectivity index (χ3v) is 6.68. The lowest BCUT2D eigenvalue weighted by Gasteiger charge is -2.32. The minimum absolute atomic E-state index is 0.0997. The molecule has 0 unspecified atom stereocenters. The Balaban J connectivity index is 1.59. The molecule has 2 aromatic rings. The largest absolute Gasteiger partial charge is 0.476 e. The molecule has 10 heteroatoms. The third-order valence-electron chi connectivity index (χ3n) is 3.76. The first-order valence-electron chi connectivity index (χ1n) is 7.32. The molecule has 3 rings (SSSR count). The Labute approximate surface area is 143 Å². The van der Waals surface area contributed by atoms with E-state index in [1.165, 1.54) is 23.7 Å². The maximum Gasteiger partial charge on any atom is 0.356 e. The van der Waals surface area contributed by atoms with Crippen LogP contribution in [-0.2, 0) is 10.0 Å².